The number of benzene rings is 9. The van der Waals surface area contributed by atoms with Gasteiger partial charge in [0.25, 0.3) is 0 Å². The van der Waals surface area contributed by atoms with E-state index in [0.29, 0.717) is 5.89 Å². The second-order valence-corrected chi connectivity index (χ2v) is 13.2. The summed E-state index contributed by atoms with van der Waals surface area (Å²) in [6, 6.07) is 68.7. The lowest BCUT2D eigenvalue weighted by Crippen LogP contribution is -2.09. The van der Waals surface area contributed by atoms with Crippen LogP contribution in [-0.4, -0.2) is 4.98 Å². The number of hydrogen-bond donors (Lipinski definition) is 0. The summed E-state index contributed by atoms with van der Waals surface area (Å²) in [6.07, 6.45) is 0. The molecule has 10 aromatic rings. The summed E-state index contributed by atoms with van der Waals surface area (Å²) in [7, 11) is 0. The number of anilines is 3. The SMILES string of the molecule is c1ccc(-c2nc3c(-c4ccc(N(c5ccccc5)c5ccc(-c6cc7ccccc7c7ccccc67)cc5)cc4)cc4ccccc4c3o2)cc1. The van der Waals surface area contributed by atoms with E-state index in [4.69, 9.17) is 9.40 Å². The van der Waals surface area contributed by atoms with E-state index in [2.05, 4.69) is 169 Å². The molecule has 1 aromatic heterocycles. The molecule has 0 aliphatic heterocycles. The minimum Gasteiger partial charge on any atom is -0.435 e. The van der Waals surface area contributed by atoms with Gasteiger partial charge in [-0.2, -0.15) is 0 Å². The molecule has 0 amide bonds. The molecular formula is C49H32N2O. The third-order valence-corrected chi connectivity index (χ3v) is 10.1. The van der Waals surface area contributed by atoms with Crippen LogP contribution in [0.2, 0.25) is 0 Å². The van der Waals surface area contributed by atoms with Crippen LogP contribution in [0, 0.1) is 0 Å². The maximum atomic E-state index is 6.47. The predicted octanol–water partition coefficient (Wildman–Crippen LogP) is 13.8. The Morgan fingerprint density at radius 1 is 0.365 bits per heavy atom. The molecule has 0 N–H and O–H groups in total. The quantitative estimate of drug-likeness (QED) is 0.166. The van der Waals surface area contributed by atoms with Crippen LogP contribution >= 0.6 is 0 Å². The normalized spacial score (nSPS) is 11.5. The van der Waals surface area contributed by atoms with Gasteiger partial charge in [0.2, 0.25) is 5.89 Å². The van der Waals surface area contributed by atoms with Crippen LogP contribution in [0.4, 0.5) is 17.1 Å². The van der Waals surface area contributed by atoms with Gasteiger partial charge in [0, 0.05) is 33.6 Å². The number of para-hydroxylation sites is 1. The van der Waals surface area contributed by atoms with Gasteiger partial charge in [-0.1, -0.05) is 133 Å². The molecule has 3 heteroatoms. The summed E-state index contributed by atoms with van der Waals surface area (Å²) < 4.78 is 6.47. The minimum absolute atomic E-state index is 0.625. The van der Waals surface area contributed by atoms with E-state index >= 15 is 0 Å². The van der Waals surface area contributed by atoms with E-state index in [1.54, 1.807) is 0 Å². The zero-order chi connectivity index (χ0) is 34.4. The Kier molecular flexibility index (Phi) is 7.14. The van der Waals surface area contributed by atoms with Crippen LogP contribution in [0.25, 0.3) is 77.1 Å². The van der Waals surface area contributed by atoms with Crippen molar-refractivity contribution in [3.8, 4) is 33.7 Å². The average molecular weight is 665 g/mol. The number of fused-ring (bicyclic) bond motifs is 6. The van der Waals surface area contributed by atoms with E-state index in [1.807, 2.05) is 30.3 Å². The van der Waals surface area contributed by atoms with E-state index in [-0.39, 0.29) is 0 Å². The van der Waals surface area contributed by atoms with Crippen LogP contribution in [0.3, 0.4) is 0 Å². The minimum atomic E-state index is 0.625. The Bertz CT molecular complexity index is 2880. The van der Waals surface area contributed by atoms with Crippen LogP contribution in [0.1, 0.15) is 0 Å². The first kappa shape index (κ1) is 29.9. The molecule has 0 bridgehead atoms. The second kappa shape index (κ2) is 12.4. The number of aromatic nitrogens is 1. The summed E-state index contributed by atoms with van der Waals surface area (Å²) in [5, 5.41) is 7.24. The maximum absolute atomic E-state index is 6.47. The van der Waals surface area contributed by atoms with Gasteiger partial charge >= 0.3 is 0 Å². The smallest absolute Gasteiger partial charge is 0.227 e. The first-order chi connectivity index (χ1) is 25.8. The highest BCUT2D eigenvalue weighted by Crippen LogP contribution is 2.41. The highest BCUT2D eigenvalue weighted by Gasteiger charge is 2.18. The zero-order valence-corrected chi connectivity index (χ0v) is 28.3. The lowest BCUT2D eigenvalue weighted by molar-refractivity contribution is 0.623. The van der Waals surface area contributed by atoms with Crippen molar-refractivity contribution < 1.29 is 4.42 Å². The molecule has 9 aromatic carbocycles. The number of rotatable bonds is 6. The van der Waals surface area contributed by atoms with Crippen molar-refractivity contribution in [3.63, 3.8) is 0 Å². The van der Waals surface area contributed by atoms with Gasteiger partial charge in [0.05, 0.1) is 0 Å². The van der Waals surface area contributed by atoms with Crippen molar-refractivity contribution in [2.75, 3.05) is 4.90 Å². The molecule has 0 saturated heterocycles. The lowest BCUT2D eigenvalue weighted by atomic mass is 9.93. The van der Waals surface area contributed by atoms with E-state index in [1.165, 1.54) is 32.7 Å². The number of hydrogen-bond acceptors (Lipinski definition) is 3. The summed E-state index contributed by atoms with van der Waals surface area (Å²) in [5.74, 6) is 0.625. The molecule has 244 valence electrons. The number of oxazole rings is 1. The molecule has 0 spiro atoms. The van der Waals surface area contributed by atoms with E-state index in [0.717, 1.165) is 55.6 Å². The third-order valence-electron chi connectivity index (χ3n) is 10.1. The highest BCUT2D eigenvalue weighted by atomic mass is 16.3. The fraction of sp³-hybridized carbons (Fsp3) is 0. The van der Waals surface area contributed by atoms with Gasteiger partial charge in [0.15, 0.2) is 5.58 Å². The van der Waals surface area contributed by atoms with E-state index in [9.17, 15) is 0 Å². The molecule has 0 saturated carbocycles. The largest absolute Gasteiger partial charge is 0.435 e. The van der Waals surface area contributed by atoms with Gasteiger partial charge in [-0.15, -0.1) is 0 Å². The molecule has 0 unspecified atom stereocenters. The summed E-state index contributed by atoms with van der Waals surface area (Å²) in [5.41, 5.74) is 10.4. The molecule has 0 fully saturated rings. The van der Waals surface area contributed by atoms with Gasteiger partial charge in [-0.05, 0) is 104 Å². The Morgan fingerprint density at radius 3 is 1.52 bits per heavy atom. The van der Waals surface area contributed by atoms with Crippen LogP contribution in [0.15, 0.2) is 199 Å². The van der Waals surface area contributed by atoms with Crippen molar-refractivity contribution in [2.45, 2.75) is 0 Å². The molecule has 1 heterocycles. The number of nitrogens with zero attached hydrogens (tertiary/aromatic N) is 2. The van der Waals surface area contributed by atoms with Crippen molar-refractivity contribution in [3.05, 3.63) is 194 Å². The van der Waals surface area contributed by atoms with Crippen molar-refractivity contribution in [1.82, 2.24) is 4.98 Å². The fourth-order valence-electron chi connectivity index (χ4n) is 7.56. The zero-order valence-electron chi connectivity index (χ0n) is 28.3. The monoisotopic (exact) mass is 664 g/mol. The highest BCUT2D eigenvalue weighted by molar-refractivity contribution is 6.14. The van der Waals surface area contributed by atoms with Crippen LogP contribution in [-0.2, 0) is 0 Å². The van der Waals surface area contributed by atoms with Gasteiger partial charge < -0.3 is 9.32 Å². The molecule has 10 rings (SSSR count). The maximum Gasteiger partial charge on any atom is 0.227 e. The van der Waals surface area contributed by atoms with Gasteiger partial charge in [-0.3, -0.25) is 0 Å². The molecule has 0 aliphatic rings. The summed E-state index contributed by atoms with van der Waals surface area (Å²) in [6.45, 7) is 0. The van der Waals surface area contributed by atoms with Gasteiger partial charge in [-0.25, -0.2) is 4.98 Å². The molecule has 0 atom stereocenters. The summed E-state index contributed by atoms with van der Waals surface area (Å²) in [4.78, 5) is 7.37. The van der Waals surface area contributed by atoms with Crippen molar-refractivity contribution >= 4 is 60.5 Å². The van der Waals surface area contributed by atoms with Crippen LogP contribution < -0.4 is 4.90 Å². The third kappa shape index (κ3) is 5.10. The topological polar surface area (TPSA) is 29.3 Å². The van der Waals surface area contributed by atoms with Crippen molar-refractivity contribution in [1.29, 1.82) is 0 Å². The van der Waals surface area contributed by atoms with Crippen LogP contribution in [0.5, 0.6) is 0 Å². The molecular weight excluding hydrogens is 633 g/mol. The molecule has 3 nitrogen and oxygen atoms in total. The Labute approximate surface area is 301 Å². The predicted molar refractivity (Wildman–Crippen MR) is 218 cm³/mol. The first-order valence-electron chi connectivity index (χ1n) is 17.6. The Balaban J connectivity index is 1.06. The Morgan fingerprint density at radius 2 is 0.846 bits per heavy atom. The molecule has 52 heavy (non-hydrogen) atoms. The Hall–Kier alpha value is -6.97. The van der Waals surface area contributed by atoms with E-state index < -0.39 is 0 Å². The van der Waals surface area contributed by atoms with Crippen molar-refractivity contribution in [2.24, 2.45) is 0 Å². The molecule has 0 aliphatic carbocycles. The van der Waals surface area contributed by atoms with Gasteiger partial charge in [0.1, 0.15) is 5.52 Å². The first-order valence-corrected chi connectivity index (χ1v) is 17.6. The second-order valence-electron chi connectivity index (χ2n) is 13.2. The summed E-state index contributed by atoms with van der Waals surface area (Å²) >= 11 is 0. The fourth-order valence-corrected chi connectivity index (χ4v) is 7.56. The standard InChI is InChI=1S/C49H32N2O/c1-3-13-35(14-4-1)49-50-47-46(32-37-16-8-10-20-42(37)48(47)52-49)34-25-29-40(30-26-34)51(38-17-5-2-6-18-38)39-27-23-33(24-28-39)45-31-36-15-7-9-19-41(36)43-21-11-12-22-44(43)45/h1-32H. The average Bonchev–Trinajstić information content (AvgIpc) is 3.68. The lowest BCUT2D eigenvalue weighted by Gasteiger charge is -2.26. The molecule has 0 radical (unpaired) electrons.